The molecule has 1 N–H and O–H groups in total. The Kier molecular flexibility index (Phi) is 7.18. The molecular formula is C15H29NO2. The third-order valence-electron chi connectivity index (χ3n) is 3.99. The molecule has 0 aliphatic carbocycles. The fourth-order valence-electron chi connectivity index (χ4n) is 2.48. The molecule has 106 valence electrons. The van der Waals surface area contributed by atoms with E-state index in [4.69, 9.17) is 9.84 Å². The monoisotopic (exact) mass is 255 g/mol. The van der Waals surface area contributed by atoms with Gasteiger partial charge >= 0.3 is 0 Å². The summed E-state index contributed by atoms with van der Waals surface area (Å²) in [5.74, 6) is 1.94. The molecule has 0 amide bonds. The minimum atomic E-state index is 0.315. The summed E-state index contributed by atoms with van der Waals surface area (Å²) in [6, 6.07) is 0. The number of hydrogen-bond acceptors (Lipinski definition) is 3. The number of piperidine rings is 1. The molecule has 0 aromatic carbocycles. The van der Waals surface area contributed by atoms with E-state index in [9.17, 15) is 0 Å². The molecular weight excluding hydrogens is 226 g/mol. The van der Waals surface area contributed by atoms with Gasteiger partial charge in [-0.05, 0) is 37.7 Å². The van der Waals surface area contributed by atoms with Crippen LogP contribution in [0.2, 0.25) is 0 Å². The Labute approximate surface area is 112 Å². The molecule has 1 heterocycles. The number of aliphatic hydroxyl groups excluding tert-OH is 1. The second kappa shape index (κ2) is 8.41. The molecule has 0 aromatic heterocycles. The number of rotatable bonds is 8. The minimum absolute atomic E-state index is 0.315. The Bertz CT molecular complexity index is 235. The quantitative estimate of drug-likeness (QED) is 0.677. The van der Waals surface area contributed by atoms with E-state index in [1.54, 1.807) is 0 Å². The van der Waals surface area contributed by atoms with Crippen LogP contribution in [-0.4, -0.2) is 36.3 Å². The predicted octanol–water partition coefficient (Wildman–Crippen LogP) is 3.00. The van der Waals surface area contributed by atoms with E-state index in [0.717, 1.165) is 38.4 Å². The summed E-state index contributed by atoms with van der Waals surface area (Å²) in [4.78, 5) is 2.21. The molecule has 0 spiro atoms. The Morgan fingerprint density at radius 3 is 2.56 bits per heavy atom. The van der Waals surface area contributed by atoms with Crippen LogP contribution in [0.5, 0.6) is 0 Å². The first-order valence-corrected chi connectivity index (χ1v) is 7.38. The molecule has 0 saturated carbocycles. The van der Waals surface area contributed by atoms with E-state index >= 15 is 0 Å². The standard InChI is InChI=1S/C15H29NO2/c1-4-6-14(5-2)12-18-13(3)16-9-7-15(11-17)8-10-16/h14-15,17H,3-12H2,1-2H3. The van der Waals surface area contributed by atoms with Crippen molar-refractivity contribution in [1.29, 1.82) is 0 Å². The normalized spacial score (nSPS) is 18.7. The predicted molar refractivity (Wildman–Crippen MR) is 75.2 cm³/mol. The highest BCUT2D eigenvalue weighted by atomic mass is 16.5. The second-order valence-electron chi connectivity index (χ2n) is 5.38. The van der Waals surface area contributed by atoms with Gasteiger partial charge in [-0.15, -0.1) is 0 Å². The summed E-state index contributed by atoms with van der Waals surface area (Å²) in [6.07, 6.45) is 5.72. The van der Waals surface area contributed by atoms with Crippen molar-refractivity contribution in [2.75, 3.05) is 26.3 Å². The Hall–Kier alpha value is -0.700. The van der Waals surface area contributed by atoms with E-state index in [1.165, 1.54) is 19.3 Å². The van der Waals surface area contributed by atoms with Gasteiger partial charge in [-0.2, -0.15) is 0 Å². The molecule has 1 aliphatic heterocycles. The van der Waals surface area contributed by atoms with Gasteiger partial charge < -0.3 is 14.7 Å². The summed E-state index contributed by atoms with van der Waals surface area (Å²) in [7, 11) is 0. The average Bonchev–Trinajstić information content (AvgIpc) is 2.43. The molecule has 0 bridgehead atoms. The summed E-state index contributed by atoms with van der Waals surface area (Å²) < 4.78 is 5.82. The Balaban J connectivity index is 2.24. The fourth-order valence-corrected chi connectivity index (χ4v) is 2.48. The molecule has 1 saturated heterocycles. The first-order chi connectivity index (χ1) is 8.71. The topological polar surface area (TPSA) is 32.7 Å². The Morgan fingerprint density at radius 2 is 2.06 bits per heavy atom. The van der Waals surface area contributed by atoms with Gasteiger partial charge in [-0.1, -0.05) is 26.7 Å². The maximum Gasteiger partial charge on any atom is 0.181 e. The van der Waals surface area contributed by atoms with E-state index in [0.29, 0.717) is 18.4 Å². The van der Waals surface area contributed by atoms with Gasteiger partial charge in [0.25, 0.3) is 0 Å². The lowest BCUT2D eigenvalue weighted by atomic mass is 9.98. The second-order valence-corrected chi connectivity index (χ2v) is 5.38. The van der Waals surface area contributed by atoms with Crippen LogP contribution in [0.3, 0.4) is 0 Å². The first-order valence-electron chi connectivity index (χ1n) is 7.38. The van der Waals surface area contributed by atoms with E-state index < -0.39 is 0 Å². The van der Waals surface area contributed by atoms with Crippen molar-refractivity contribution in [2.24, 2.45) is 11.8 Å². The molecule has 18 heavy (non-hydrogen) atoms. The molecule has 0 radical (unpaired) electrons. The van der Waals surface area contributed by atoms with Crippen LogP contribution in [0.25, 0.3) is 0 Å². The molecule has 3 heteroatoms. The van der Waals surface area contributed by atoms with Crippen molar-refractivity contribution in [3.8, 4) is 0 Å². The van der Waals surface area contributed by atoms with Crippen LogP contribution in [0, 0.1) is 11.8 Å². The molecule has 1 rings (SSSR count). The van der Waals surface area contributed by atoms with Crippen molar-refractivity contribution in [3.05, 3.63) is 12.5 Å². The van der Waals surface area contributed by atoms with Crippen LogP contribution in [0.4, 0.5) is 0 Å². The van der Waals surface area contributed by atoms with Gasteiger partial charge in [-0.3, -0.25) is 0 Å². The van der Waals surface area contributed by atoms with Gasteiger partial charge in [0.2, 0.25) is 0 Å². The molecule has 1 fully saturated rings. The maximum atomic E-state index is 9.11. The van der Waals surface area contributed by atoms with Crippen LogP contribution >= 0.6 is 0 Å². The van der Waals surface area contributed by atoms with Gasteiger partial charge in [0.15, 0.2) is 5.88 Å². The number of nitrogens with zero attached hydrogens (tertiary/aromatic N) is 1. The summed E-state index contributed by atoms with van der Waals surface area (Å²) in [5.41, 5.74) is 0. The van der Waals surface area contributed by atoms with Crippen molar-refractivity contribution in [1.82, 2.24) is 4.90 Å². The highest BCUT2D eigenvalue weighted by Gasteiger charge is 2.20. The van der Waals surface area contributed by atoms with Gasteiger partial charge in [-0.25, -0.2) is 0 Å². The van der Waals surface area contributed by atoms with Gasteiger partial charge in [0, 0.05) is 19.7 Å². The van der Waals surface area contributed by atoms with Crippen LogP contribution in [0.15, 0.2) is 12.5 Å². The molecule has 1 unspecified atom stereocenters. The van der Waals surface area contributed by atoms with Crippen molar-refractivity contribution in [3.63, 3.8) is 0 Å². The number of likely N-dealkylation sites (tertiary alicyclic amines) is 1. The highest BCUT2D eigenvalue weighted by Crippen LogP contribution is 2.21. The zero-order chi connectivity index (χ0) is 13.4. The molecule has 1 atom stereocenters. The first kappa shape index (κ1) is 15.4. The highest BCUT2D eigenvalue weighted by molar-refractivity contribution is 4.87. The smallest absolute Gasteiger partial charge is 0.181 e. The maximum absolute atomic E-state index is 9.11. The van der Waals surface area contributed by atoms with Crippen LogP contribution in [-0.2, 0) is 4.74 Å². The lowest BCUT2D eigenvalue weighted by molar-refractivity contribution is 0.0585. The molecule has 1 aliphatic rings. The van der Waals surface area contributed by atoms with E-state index in [1.807, 2.05) is 0 Å². The summed E-state index contributed by atoms with van der Waals surface area (Å²) in [6.45, 7) is 11.5. The van der Waals surface area contributed by atoms with Crippen molar-refractivity contribution < 1.29 is 9.84 Å². The Morgan fingerprint density at radius 1 is 1.39 bits per heavy atom. The van der Waals surface area contributed by atoms with Gasteiger partial charge in [0.1, 0.15) is 0 Å². The molecule has 3 nitrogen and oxygen atoms in total. The summed E-state index contributed by atoms with van der Waals surface area (Å²) in [5, 5.41) is 9.11. The van der Waals surface area contributed by atoms with E-state index in [2.05, 4.69) is 25.3 Å². The lowest BCUT2D eigenvalue weighted by Gasteiger charge is -2.33. The SMILES string of the molecule is C=C(OCC(CC)CCC)N1CCC(CO)CC1. The zero-order valence-electron chi connectivity index (χ0n) is 12.0. The number of hydrogen-bond donors (Lipinski definition) is 1. The summed E-state index contributed by atoms with van der Waals surface area (Å²) >= 11 is 0. The largest absolute Gasteiger partial charge is 0.479 e. The fraction of sp³-hybridized carbons (Fsp3) is 0.867. The number of aliphatic hydroxyl groups is 1. The van der Waals surface area contributed by atoms with Crippen molar-refractivity contribution >= 4 is 0 Å². The van der Waals surface area contributed by atoms with E-state index in [-0.39, 0.29) is 0 Å². The van der Waals surface area contributed by atoms with Crippen LogP contribution in [0.1, 0.15) is 46.0 Å². The van der Waals surface area contributed by atoms with Gasteiger partial charge in [0.05, 0.1) is 6.61 Å². The third kappa shape index (κ3) is 4.89. The van der Waals surface area contributed by atoms with Crippen molar-refractivity contribution in [2.45, 2.75) is 46.0 Å². The average molecular weight is 255 g/mol. The lowest BCUT2D eigenvalue weighted by Crippen LogP contribution is -2.35. The molecule has 0 aromatic rings. The zero-order valence-corrected chi connectivity index (χ0v) is 12.0. The van der Waals surface area contributed by atoms with Crippen LogP contribution < -0.4 is 0 Å². The third-order valence-corrected chi connectivity index (χ3v) is 3.99. The minimum Gasteiger partial charge on any atom is -0.479 e. The number of ether oxygens (including phenoxy) is 1.